The molecule has 0 saturated heterocycles. The van der Waals surface area contributed by atoms with Crippen molar-refractivity contribution in [2.45, 2.75) is 135 Å². The zero-order valence-electron chi connectivity index (χ0n) is 37.3. The van der Waals surface area contributed by atoms with Gasteiger partial charge in [-0.1, -0.05) is 86.6 Å². The van der Waals surface area contributed by atoms with Gasteiger partial charge in [-0.3, -0.25) is 28.5 Å². The van der Waals surface area contributed by atoms with Crippen LogP contribution in [0.2, 0.25) is 0 Å². The van der Waals surface area contributed by atoms with Gasteiger partial charge in [0.1, 0.15) is 24.9 Å². The predicted octanol–water partition coefficient (Wildman–Crippen LogP) is 2.87. The minimum Gasteiger partial charge on any atom is -0.458 e. The Hall–Kier alpha value is -2.95. The van der Waals surface area contributed by atoms with Crippen LogP contribution in [0.3, 0.4) is 0 Å². The molecule has 19 nitrogen and oxygen atoms in total. The molecule has 62 heavy (non-hydrogen) atoms. The smallest absolute Gasteiger partial charge is 0.329 e. The standard InChI is InChI=1S/C41H76BrN5O14S/c1-41(2,3)61-40(53)34(47-36(49)17-15-13-11-9-7-5-4-6-8-10-12-14-16-30-62(54,55)56)18-19-35(48)45-22-24-57-26-29-60-33-39(52)46-23-25-58-27-28-59-32-38(51)44-21-20-43-37(50)31-42/h34H,4-33H2,1-3H3,(H,43,50)(H,44,51)(H,45,48)(H,46,52)(H,47,49)(H,54,55,56)/t34-/m0/s1. The highest BCUT2D eigenvalue weighted by atomic mass is 79.9. The van der Waals surface area contributed by atoms with Gasteiger partial charge in [0, 0.05) is 39.0 Å². The van der Waals surface area contributed by atoms with Gasteiger partial charge in [0.2, 0.25) is 29.5 Å². The SMILES string of the molecule is CC(C)(C)OC(=O)[C@H](CCC(=O)NCCOCCOCC(=O)NCCOCCOCC(=O)NCCNC(=O)CBr)NC(=O)CCCCCCCCCCCCCCCS(=O)(=O)O. The Kier molecular flexibility index (Phi) is 36.7. The average molecular weight is 975 g/mol. The van der Waals surface area contributed by atoms with Crippen molar-refractivity contribution in [2.75, 3.05) is 90.1 Å². The van der Waals surface area contributed by atoms with Gasteiger partial charge in [0.15, 0.2) is 0 Å². The molecule has 21 heteroatoms. The molecule has 0 aliphatic heterocycles. The minimum atomic E-state index is -3.85. The van der Waals surface area contributed by atoms with E-state index >= 15 is 0 Å². The molecule has 0 aromatic rings. The molecule has 0 aliphatic rings. The number of ether oxygens (including phenoxy) is 5. The molecule has 0 spiro atoms. The van der Waals surface area contributed by atoms with Gasteiger partial charge in [0.25, 0.3) is 10.1 Å². The first-order chi connectivity index (χ1) is 29.5. The first-order valence-electron chi connectivity index (χ1n) is 21.9. The van der Waals surface area contributed by atoms with E-state index in [1.807, 2.05) is 0 Å². The minimum absolute atomic E-state index is 0.000936. The highest BCUT2D eigenvalue weighted by molar-refractivity contribution is 9.09. The van der Waals surface area contributed by atoms with Crippen LogP contribution < -0.4 is 26.6 Å². The molecule has 0 aromatic heterocycles. The Balaban J connectivity index is 3.97. The Morgan fingerprint density at radius 3 is 1.42 bits per heavy atom. The van der Waals surface area contributed by atoms with E-state index in [0.29, 0.717) is 25.9 Å². The monoisotopic (exact) mass is 973 g/mol. The number of alkyl halides is 1. The number of carbonyl (C=O) groups excluding carboxylic acids is 6. The molecule has 6 N–H and O–H groups in total. The van der Waals surface area contributed by atoms with Gasteiger partial charge in [-0.15, -0.1) is 0 Å². The van der Waals surface area contributed by atoms with Crippen LogP contribution in [0, 0.1) is 0 Å². The Labute approximate surface area is 377 Å². The molecule has 362 valence electrons. The molecule has 0 rings (SSSR count). The number of nitrogens with one attached hydrogen (secondary N) is 5. The molecule has 0 heterocycles. The van der Waals surface area contributed by atoms with Gasteiger partial charge in [-0.25, -0.2) is 4.79 Å². The largest absolute Gasteiger partial charge is 0.458 e. The lowest BCUT2D eigenvalue weighted by Gasteiger charge is -2.24. The number of hydrogen-bond donors (Lipinski definition) is 6. The van der Waals surface area contributed by atoms with Crippen molar-refractivity contribution in [1.29, 1.82) is 0 Å². The molecule has 0 aromatic carbocycles. The summed E-state index contributed by atoms with van der Waals surface area (Å²) in [6.45, 7) is 7.32. The fourth-order valence-electron chi connectivity index (χ4n) is 5.61. The maximum absolute atomic E-state index is 12.9. The van der Waals surface area contributed by atoms with Crippen molar-refractivity contribution in [3.8, 4) is 0 Å². The van der Waals surface area contributed by atoms with E-state index in [-0.39, 0.29) is 126 Å². The Morgan fingerprint density at radius 2 is 0.952 bits per heavy atom. The van der Waals surface area contributed by atoms with Crippen LogP contribution in [-0.2, 0) is 62.6 Å². The van der Waals surface area contributed by atoms with E-state index in [0.717, 1.165) is 64.2 Å². The highest BCUT2D eigenvalue weighted by Gasteiger charge is 2.27. The second-order valence-electron chi connectivity index (χ2n) is 15.7. The van der Waals surface area contributed by atoms with Gasteiger partial charge >= 0.3 is 5.97 Å². The summed E-state index contributed by atoms with van der Waals surface area (Å²) in [5.74, 6) is -2.10. The molecule has 0 radical (unpaired) electrons. The van der Waals surface area contributed by atoms with E-state index < -0.39 is 27.7 Å². The number of amides is 5. The van der Waals surface area contributed by atoms with Gasteiger partial charge in [-0.2, -0.15) is 8.42 Å². The fraction of sp³-hybridized carbons (Fsp3) is 0.854. The lowest BCUT2D eigenvalue weighted by atomic mass is 10.0. The van der Waals surface area contributed by atoms with Gasteiger partial charge in [-0.05, 0) is 40.0 Å². The third kappa shape index (κ3) is 42.4. The number of hydrogen-bond acceptors (Lipinski definition) is 13. The average Bonchev–Trinajstić information content (AvgIpc) is 3.20. The van der Waals surface area contributed by atoms with Crippen LogP contribution in [0.25, 0.3) is 0 Å². The predicted molar refractivity (Wildman–Crippen MR) is 237 cm³/mol. The van der Waals surface area contributed by atoms with Gasteiger partial charge < -0.3 is 50.3 Å². The first kappa shape index (κ1) is 59.0. The van der Waals surface area contributed by atoms with Crippen LogP contribution in [0.1, 0.15) is 124 Å². The zero-order valence-corrected chi connectivity index (χ0v) is 39.7. The van der Waals surface area contributed by atoms with Crippen LogP contribution in [-0.4, -0.2) is 150 Å². The highest BCUT2D eigenvalue weighted by Crippen LogP contribution is 2.14. The lowest BCUT2D eigenvalue weighted by molar-refractivity contribution is -0.159. The summed E-state index contributed by atoms with van der Waals surface area (Å²) < 4.78 is 57.0. The van der Waals surface area contributed by atoms with Crippen molar-refractivity contribution >= 4 is 61.6 Å². The van der Waals surface area contributed by atoms with Crippen molar-refractivity contribution in [3.05, 3.63) is 0 Å². The summed E-state index contributed by atoms with van der Waals surface area (Å²) in [4.78, 5) is 72.7. The number of halogens is 1. The van der Waals surface area contributed by atoms with Gasteiger partial charge in [0.05, 0.1) is 50.7 Å². The van der Waals surface area contributed by atoms with Crippen molar-refractivity contribution < 1.29 is 65.4 Å². The lowest BCUT2D eigenvalue weighted by Crippen LogP contribution is -2.44. The number of esters is 1. The molecular formula is C41H76BrN5O14S. The zero-order chi connectivity index (χ0) is 46.3. The quantitative estimate of drug-likeness (QED) is 0.0223. The second-order valence-corrected chi connectivity index (χ2v) is 17.8. The van der Waals surface area contributed by atoms with E-state index in [1.165, 1.54) is 6.42 Å². The molecule has 0 bridgehead atoms. The summed E-state index contributed by atoms with van der Waals surface area (Å²) >= 11 is 3.03. The van der Waals surface area contributed by atoms with E-state index in [1.54, 1.807) is 20.8 Å². The summed E-state index contributed by atoms with van der Waals surface area (Å²) in [7, 11) is -3.85. The van der Waals surface area contributed by atoms with Crippen molar-refractivity contribution in [3.63, 3.8) is 0 Å². The third-order valence-electron chi connectivity index (χ3n) is 8.73. The summed E-state index contributed by atoms with van der Waals surface area (Å²) in [5.41, 5.74) is -0.756. The summed E-state index contributed by atoms with van der Waals surface area (Å²) in [5, 5.41) is 13.6. The van der Waals surface area contributed by atoms with Crippen LogP contribution in [0.4, 0.5) is 0 Å². The maximum Gasteiger partial charge on any atom is 0.329 e. The maximum atomic E-state index is 12.9. The van der Waals surface area contributed by atoms with E-state index in [2.05, 4.69) is 42.5 Å². The Morgan fingerprint density at radius 1 is 0.532 bits per heavy atom. The van der Waals surface area contributed by atoms with E-state index in [4.69, 9.17) is 28.2 Å². The molecule has 0 fully saturated rings. The van der Waals surface area contributed by atoms with Crippen LogP contribution in [0.5, 0.6) is 0 Å². The second kappa shape index (κ2) is 38.5. The number of unbranched alkanes of at least 4 members (excludes halogenated alkanes) is 12. The fourth-order valence-corrected chi connectivity index (χ4v) is 6.38. The number of rotatable bonds is 41. The topological polar surface area (TPSA) is 263 Å². The molecule has 0 unspecified atom stereocenters. The normalized spacial score (nSPS) is 12.0. The third-order valence-corrected chi connectivity index (χ3v) is 10.0. The molecule has 1 atom stereocenters. The summed E-state index contributed by atoms with van der Waals surface area (Å²) in [6.07, 6.45) is 13.2. The molecule has 0 aliphatic carbocycles. The van der Waals surface area contributed by atoms with Crippen molar-refractivity contribution in [2.24, 2.45) is 0 Å². The summed E-state index contributed by atoms with van der Waals surface area (Å²) in [6, 6.07) is -0.952. The molecular weight excluding hydrogens is 898 g/mol. The van der Waals surface area contributed by atoms with Crippen molar-refractivity contribution in [1.82, 2.24) is 26.6 Å². The van der Waals surface area contributed by atoms with Crippen LogP contribution in [0.15, 0.2) is 0 Å². The van der Waals surface area contributed by atoms with Crippen LogP contribution >= 0.6 is 15.9 Å². The Bertz CT molecular complexity index is 1350. The van der Waals surface area contributed by atoms with E-state index in [9.17, 15) is 37.2 Å². The molecule has 0 saturated carbocycles. The first-order valence-corrected chi connectivity index (χ1v) is 24.7. The number of carbonyl (C=O) groups is 6. The molecule has 5 amide bonds.